The molecule has 102 valence electrons. The highest BCUT2D eigenvalue weighted by molar-refractivity contribution is 9.10. The summed E-state index contributed by atoms with van der Waals surface area (Å²) in [5.74, 6) is 2.76. The van der Waals surface area contributed by atoms with Crippen molar-refractivity contribution < 1.29 is 0 Å². The molecule has 4 rings (SSSR count). The maximum atomic E-state index is 4.45. The van der Waals surface area contributed by atoms with Gasteiger partial charge in [0.2, 0.25) is 0 Å². The molecule has 0 spiro atoms. The Bertz CT molecular complexity index is 480. The number of rotatable bonds is 1. The summed E-state index contributed by atoms with van der Waals surface area (Å²) in [7, 11) is 0. The van der Waals surface area contributed by atoms with Crippen LogP contribution in [0.25, 0.3) is 0 Å². The van der Waals surface area contributed by atoms with Crippen LogP contribution >= 0.6 is 15.9 Å². The van der Waals surface area contributed by atoms with Crippen LogP contribution < -0.4 is 4.90 Å². The summed E-state index contributed by atoms with van der Waals surface area (Å²) in [6.45, 7) is 4.96. The van der Waals surface area contributed by atoms with Crippen molar-refractivity contribution in [2.75, 3.05) is 31.1 Å². The molecule has 0 aromatic carbocycles. The van der Waals surface area contributed by atoms with Gasteiger partial charge in [-0.3, -0.25) is 4.90 Å². The summed E-state index contributed by atoms with van der Waals surface area (Å²) in [6, 6.07) is 0.837. The highest BCUT2D eigenvalue weighted by Gasteiger charge is 2.47. The van der Waals surface area contributed by atoms with Crippen LogP contribution in [0.3, 0.4) is 0 Å². The maximum Gasteiger partial charge on any atom is 0.146 e. The van der Waals surface area contributed by atoms with Crippen molar-refractivity contribution in [2.24, 2.45) is 11.8 Å². The van der Waals surface area contributed by atoms with Gasteiger partial charge in [-0.05, 0) is 47.2 Å². The van der Waals surface area contributed by atoms with Crippen LogP contribution in [0.4, 0.5) is 5.82 Å². The van der Waals surface area contributed by atoms with E-state index in [4.69, 9.17) is 0 Å². The predicted molar refractivity (Wildman–Crippen MR) is 78.1 cm³/mol. The normalized spacial score (nSPS) is 34.4. The molecule has 0 aliphatic carbocycles. The van der Waals surface area contributed by atoms with E-state index in [0.29, 0.717) is 0 Å². The number of anilines is 1. The highest BCUT2D eigenvalue weighted by Crippen LogP contribution is 2.42. The van der Waals surface area contributed by atoms with E-state index < -0.39 is 0 Å². The van der Waals surface area contributed by atoms with Crippen LogP contribution in [-0.2, 0) is 0 Å². The first-order chi connectivity index (χ1) is 9.33. The van der Waals surface area contributed by atoms with Crippen molar-refractivity contribution in [3.8, 4) is 0 Å². The standard InChI is InChI=1S/C14H19BrN4/c15-12-5-16-9-17-14(12)19-7-10-6-18-4-2-1-3-13(18)11(10)8-19/h5,9-11,13H,1-4,6-8H2. The monoisotopic (exact) mass is 322 g/mol. The molecular weight excluding hydrogens is 304 g/mol. The van der Waals surface area contributed by atoms with Gasteiger partial charge in [-0.25, -0.2) is 9.97 Å². The lowest BCUT2D eigenvalue weighted by Gasteiger charge is -2.33. The first-order valence-electron chi connectivity index (χ1n) is 7.27. The number of halogens is 1. The maximum absolute atomic E-state index is 4.45. The third-order valence-electron chi connectivity index (χ3n) is 5.07. The molecule has 3 unspecified atom stereocenters. The van der Waals surface area contributed by atoms with Crippen LogP contribution in [0.2, 0.25) is 0 Å². The van der Waals surface area contributed by atoms with Crippen LogP contribution in [0, 0.1) is 11.8 Å². The number of nitrogens with zero attached hydrogens (tertiary/aromatic N) is 4. The van der Waals surface area contributed by atoms with Gasteiger partial charge in [0.1, 0.15) is 12.1 Å². The van der Waals surface area contributed by atoms with Gasteiger partial charge < -0.3 is 4.90 Å². The van der Waals surface area contributed by atoms with Gasteiger partial charge in [0.15, 0.2) is 0 Å². The number of hydrogen-bond donors (Lipinski definition) is 0. The second kappa shape index (κ2) is 4.70. The lowest BCUT2D eigenvalue weighted by Crippen LogP contribution is -2.40. The zero-order valence-electron chi connectivity index (χ0n) is 11.0. The van der Waals surface area contributed by atoms with Gasteiger partial charge in [-0.15, -0.1) is 0 Å². The van der Waals surface area contributed by atoms with E-state index in [1.807, 2.05) is 6.20 Å². The average Bonchev–Trinajstić information content (AvgIpc) is 2.96. The molecule has 0 radical (unpaired) electrons. The molecule has 5 heteroatoms. The summed E-state index contributed by atoms with van der Waals surface area (Å²) in [6.07, 6.45) is 7.73. The Morgan fingerprint density at radius 2 is 2.16 bits per heavy atom. The molecule has 3 aliphatic rings. The van der Waals surface area contributed by atoms with Gasteiger partial charge in [0, 0.05) is 31.9 Å². The zero-order valence-corrected chi connectivity index (χ0v) is 12.6. The molecule has 0 N–H and O–H groups in total. The van der Waals surface area contributed by atoms with E-state index in [1.54, 1.807) is 6.33 Å². The van der Waals surface area contributed by atoms with Crippen LogP contribution in [0.15, 0.2) is 17.0 Å². The molecule has 0 saturated carbocycles. The highest BCUT2D eigenvalue weighted by atomic mass is 79.9. The lowest BCUT2D eigenvalue weighted by atomic mass is 9.90. The largest absolute Gasteiger partial charge is 0.355 e. The Balaban J connectivity index is 1.54. The van der Waals surface area contributed by atoms with Crippen molar-refractivity contribution in [3.05, 3.63) is 17.0 Å². The van der Waals surface area contributed by atoms with Crippen LogP contribution in [0.5, 0.6) is 0 Å². The third kappa shape index (κ3) is 1.98. The number of fused-ring (bicyclic) bond motifs is 3. The molecule has 4 nitrogen and oxygen atoms in total. The van der Waals surface area contributed by atoms with E-state index in [0.717, 1.165) is 34.7 Å². The molecule has 3 atom stereocenters. The summed E-state index contributed by atoms with van der Waals surface area (Å²) in [5, 5.41) is 0. The molecule has 3 aliphatic heterocycles. The van der Waals surface area contributed by atoms with Crippen LogP contribution in [0.1, 0.15) is 19.3 Å². The number of piperidine rings is 1. The summed E-state index contributed by atoms with van der Waals surface area (Å²) < 4.78 is 1.02. The van der Waals surface area contributed by atoms with Crippen molar-refractivity contribution in [2.45, 2.75) is 25.3 Å². The first-order valence-corrected chi connectivity index (χ1v) is 8.07. The summed E-state index contributed by atoms with van der Waals surface area (Å²) in [4.78, 5) is 13.7. The molecule has 0 amide bonds. The van der Waals surface area contributed by atoms with Gasteiger partial charge in [-0.1, -0.05) is 6.42 Å². The van der Waals surface area contributed by atoms with Gasteiger partial charge in [0.05, 0.1) is 4.47 Å². The molecule has 4 heterocycles. The fourth-order valence-electron chi connectivity index (χ4n) is 4.27. The Labute approximate surface area is 122 Å². The van der Waals surface area contributed by atoms with Gasteiger partial charge in [-0.2, -0.15) is 0 Å². The zero-order chi connectivity index (χ0) is 12.8. The minimum atomic E-state index is 0.837. The van der Waals surface area contributed by atoms with Crippen molar-refractivity contribution in [3.63, 3.8) is 0 Å². The second-order valence-corrected chi connectivity index (χ2v) is 6.94. The summed E-state index contributed by atoms with van der Waals surface area (Å²) in [5.41, 5.74) is 0. The third-order valence-corrected chi connectivity index (χ3v) is 5.63. The van der Waals surface area contributed by atoms with E-state index in [9.17, 15) is 0 Å². The molecule has 1 aromatic rings. The van der Waals surface area contributed by atoms with E-state index in [2.05, 4.69) is 35.7 Å². The predicted octanol–water partition coefficient (Wildman–Crippen LogP) is 2.16. The van der Waals surface area contributed by atoms with Crippen LogP contribution in [-0.4, -0.2) is 47.1 Å². The lowest BCUT2D eigenvalue weighted by molar-refractivity contribution is 0.173. The minimum absolute atomic E-state index is 0.837. The smallest absolute Gasteiger partial charge is 0.146 e. The Morgan fingerprint density at radius 1 is 1.21 bits per heavy atom. The Morgan fingerprint density at radius 3 is 3.05 bits per heavy atom. The van der Waals surface area contributed by atoms with Crippen molar-refractivity contribution in [1.29, 1.82) is 0 Å². The molecule has 3 fully saturated rings. The molecular formula is C14H19BrN4. The minimum Gasteiger partial charge on any atom is -0.355 e. The van der Waals surface area contributed by atoms with Gasteiger partial charge >= 0.3 is 0 Å². The number of hydrogen-bond acceptors (Lipinski definition) is 4. The Hall–Kier alpha value is -0.680. The fraction of sp³-hybridized carbons (Fsp3) is 0.714. The molecule has 0 bridgehead atoms. The topological polar surface area (TPSA) is 32.3 Å². The fourth-order valence-corrected chi connectivity index (χ4v) is 4.74. The molecule has 19 heavy (non-hydrogen) atoms. The number of aromatic nitrogens is 2. The summed E-state index contributed by atoms with van der Waals surface area (Å²) >= 11 is 3.58. The second-order valence-electron chi connectivity index (χ2n) is 6.08. The SMILES string of the molecule is Brc1cncnc1N1CC2CN3CCCCC3C2C1. The van der Waals surface area contributed by atoms with E-state index >= 15 is 0 Å². The van der Waals surface area contributed by atoms with Gasteiger partial charge in [0.25, 0.3) is 0 Å². The van der Waals surface area contributed by atoms with Crippen molar-refractivity contribution in [1.82, 2.24) is 14.9 Å². The quantitative estimate of drug-likeness (QED) is 0.793. The van der Waals surface area contributed by atoms with Crippen molar-refractivity contribution >= 4 is 21.7 Å². The molecule has 1 aromatic heterocycles. The molecule has 3 saturated heterocycles. The average molecular weight is 323 g/mol. The van der Waals surface area contributed by atoms with E-state index in [-0.39, 0.29) is 0 Å². The first kappa shape index (κ1) is 12.1. The van der Waals surface area contributed by atoms with E-state index in [1.165, 1.54) is 38.9 Å². The Kier molecular flexibility index (Phi) is 2.99.